The Labute approximate surface area is 202 Å². The Morgan fingerprint density at radius 1 is 1.06 bits per heavy atom. The maximum atomic E-state index is 13.3. The predicted octanol–water partition coefficient (Wildman–Crippen LogP) is 4.25. The van der Waals surface area contributed by atoms with Gasteiger partial charge in [0.2, 0.25) is 5.91 Å². The maximum absolute atomic E-state index is 13.3. The van der Waals surface area contributed by atoms with Crippen molar-refractivity contribution >= 4 is 17.6 Å². The number of hydrogen-bond acceptors (Lipinski definition) is 4. The molecule has 0 spiro atoms. The first-order chi connectivity index (χ1) is 16.6. The summed E-state index contributed by atoms with van der Waals surface area (Å²) in [5, 5.41) is 3.07. The Morgan fingerprint density at radius 3 is 2.50 bits per heavy atom. The zero-order valence-corrected chi connectivity index (χ0v) is 20.2. The van der Waals surface area contributed by atoms with E-state index in [1.54, 1.807) is 0 Å². The molecule has 4 rings (SSSR count). The summed E-state index contributed by atoms with van der Waals surface area (Å²) in [5.41, 5.74) is 1.99. The maximum Gasteiger partial charge on any atom is 0.324 e. The van der Waals surface area contributed by atoms with Crippen LogP contribution in [0, 0.1) is 5.92 Å². The van der Waals surface area contributed by atoms with Crippen LogP contribution < -0.4 is 19.7 Å². The van der Waals surface area contributed by atoms with Gasteiger partial charge in [-0.1, -0.05) is 31.2 Å². The Morgan fingerprint density at radius 2 is 1.79 bits per heavy atom. The van der Waals surface area contributed by atoms with E-state index in [4.69, 9.17) is 9.47 Å². The molecule has 0 bridgehead atoms. The summed E-state index contributed by atoms with van der Waals surface area (Å²) in [5.74, 6) is 1.66. The second kappa shape index (κ2) is 11.3. The number of ether oxygens (including phenoxy) is 2. The number of rotatable bonds is 7. The van der Waals surface area contributed by atoms with Crippen LogP contribution in [0.2, 0.25) is 0 Å². The van der Waals surface area contributed by atoms with Crippen LogP contribution in [0.3, 0.4) is 0 Å². The molecule has 2 aliphatic rings. The molecule has 2 heterocycles. The third-order valence-electron chi connectivity index (χ3n) is 6.61. The van der Waals surface area contributed by atoms with Crippen molar-refractivity contribution in [3.8, 4) is 11.5 Å². The molecule has 3 amide bonds. The standard InChI is InChI=1S/C27H35N3O4/c1-3-22-19-30(24-7-5-6-8-25(24)34-22)27(32)29-17-14-21(15-18-29)26(31)28-16-13-20-9-11-23(12-10-20)33-4-2/h5-12,21-22H,3-4,13-19H2,1-2H3,(H,28,31)/t22-/m1/s1. The van der Waals surface area contributed by atoms with E-state index in [0.29, 0.717) is 45.6 Å². The normalized spacial score (nSPS) is 18.1. The number of piperidine rings is 1. The van der Waals surface area contributed by atoms with E-state index in [9.17, 15) is 9.59 Å². The van der Waals surface area contributed by atoms with Gasteiger partial charge in [0.15, 0.2) is 0 Å². The van der Waals surface area contributed by atoms with Crippen LogP contribution in [-0.2, 0) is 11.2 Å². The lowest BCUT2D eigenvalue weighted by atomic mass is 9.96. The first-order valence-corrected chi connectivity index (χ1v) is 12.4. The van der Waals surface area contributed by atoms with Crippen LogP contribution in [-0.4, -0.2) is 55.7 Å². The lowest BCUT2D eigenvalue weighted by molar-refractivity contribution is -0.126. The van der Waals surface area contributed by atoms with E-state index in [1.165, 1.54) is 5.56 Å². The third kappa shape index (κ3) is 5.64. The summed E-state index contributed by atoms with van der Waals surface area (Å²) < 4.78 is 11.5. The number of nitrogens with one attached hydrogen (secondary N) is 1. The Bertz CT molecular complexity index is 970. The summed E-state index contributed by atoms with van der Waals surface area (Å²) in [6.07, 6.45) is 2.99. The molecule has 7 nitrogen and oxygen atoms in total. The van der Waals surface area contributed by atoms with Gasteiger partial charge in [-0.3, -0.25) is 9.69 Å². The van der Waals surface area contributed by atoms with Crippen LogP contribution in [0.15, 0.2) is 48.5 Å². The van der Waals surface area contributed by atoms with E-state index in [-0.39, 0.29) is 24.0 Å². The smallest absolute Gasteiger partial charge is 0.324 e. The van der Waals surface area contributed by atoms with E-state index in [0.717, 1.165) is 30.0 Å². The van der Waals surface area contributed by atoms with Crippen molar-refractivity contribution in [1.29, 1.82) is 0 Å². The number of benzene rings is 2. The number of nitrogens with zero attached hydrogens (tertiary/aromatic N) is 2. The summed E-state index contributed by atoms with van der Waals surface area (Å²) in [6.45, 7) is 7.03. The average Bonchev–Trinajstić information content (AvgIpc) is 2.88. The molecule has 0 unspecified atom stereocenters. The molecule has 1 N–H and O–H groups in total. The van der Waals surface area contributed by atoms with Gasteiger partial charge in [-0.2, -0.15) is 0 Å². The van der Waals surface area contributed by atoms with Crippen molar-refractivity contribution in [2.24, 2.45) is 5.92 Å². The second-order valence-corrected chi connectivity index (χ2v) is 8.89. The van der Waals surface area contributed by atoms with Gasteiger partial charge in [0.1, 0.15) is 17.6 Å². The highest BCUT2D eigenvalue weighted by molar-refractivity contribution is 5.94. The van der Waals surface area contributed by atoms with Gasteiger partial charge < -0.3 is 19.7 Å². The fraction of sp³-hybridized carbons (Fsp3) is 0.481. The van der Waals surface area contributed by atoms with Crippen LogP contribution in [0.25, 0.3) is 0 Å². The topological polar surface area (TPSA) is 71.1 Å². The van der Waals surface area contributed by atoms with Crippen LogP contribution in [0.4, 0.5) is 10.5 Å². The molecule has 1 fully saturated rings. The van der Waals surface area contributed by atoms with E-state index >= 15 is 0 Å². The molecule has 34 heavy (non-hydrogen) atoms. The summed E-state index contributed by atoms with van der Waals surface area (Å²) in [7, 11) is 0. The Hall–Kier alpha value is -3.22. The number of anilines is 1. The molecule has 7 heteroatoms. The highest BCUT2D eigenvalue weighted by Crippen LogP contribution is 2.35. The number of carbonyl (C=O) groups is 2. The van der Waals surface area contributed by atoms with Gasteiger partial charge in [0.05, 0.1) is 18.8 Å². The van der Waals surface area contributed by atoms with Crippen molar-refractivity contribution in [2.75, 3.05) is 37.7 Å². The zero-order chi connectivity index (χ0) is 23.9. The molecule has 1 atom stereocenters. The second-order valence-electron chi connectivity index (χ2n) is 8.89. The lowest BCUT2D eigenvalue weighted by Crippen LogP contribution is -2.52. The SMILES string of the molecule is CCOc1ccc(CCNC(=O)C2CCN(C(=O)N3C[C@@H](CC)Oc4ccccc43)CC2)cc1. The first-order valence-electron chi connectivity index (χ1n) is 12.4. The molecule has 0 aliphatic carbocycles. The average molecular weight is 466 g/mol. The van der Waals surface area contributed by atoms with Crippen molar-refractivity contribution in [3.05, 3.63) is 54.1 Å². The summed E-state index contributed by atoms with van der Waals surface area (Å²) in [4.78, 5) is 29.7. The Balaban J connectivity index is 1.25. The number of para-hydroxylation sites is 2. The molecule has 1 saturated heterocycles. The highest BCUT2D eigenvalue weighted by atomic mass is 16.5. The fourth-order valence-corrected chi connectivity index (χ4v) is 4.59. The van der Waals surface area contributed by atoms with Crippen LogP contribution in [0.1, 0.15) is 38.7 Å². The van der Waals surface area contributed by atoms with Gasteiger partial charge in [0.25, 0.3) is 0 Å². The minimum atomic E-state index is -0.0512. The molecule has 2 aromatic rings. The molecule has 0 radical (unpaired) electrons. The number of carbonyl (C=O) groups excluding carboxylic acids is 2. The third-order valence-corrected chi connectivity index (χ3v) is 6.61. The number of fused-ring (bicyclic) bond motifs is 1. The molecular formula is C27H35N3O4. The Kier molecular flexibility index (Phi) is 7.93. The van der Waals surface area contributed by atoms with Crippen molar-refractivity contribution in [3.63, 3.8) is 0 Å². The predicted molar refractivity (Wildman–Crippen MR) is 133 cm³/mol. The van der Waals surface area contributed by atoms with Gasteiger partial charge in [-0.25, -0.2) is 4.79 Å². The van der Waals surface area contributed by atoms with E-state index in [1.807, 2.05) is 65.3 Å². The lowest BCUT2D eigenvalue weighted by Gasteiger charge is -2.39. The monoisotopic (exact) mass is 465 g/mol. The van der Waals surface area contributed by atoms with Gasteiger partial charge in [-0.05, 0) is 62.4 Å². The number of likely N-dealkylation sites (tertiary alicyclic amines) is 1. The van der Waals surface area contributed by atoms with Crippen molar-refractivity contribution in [1.82, 2.24) is 10.2 Å². The first kappa shape index (κ1) is 23.9. The van der Waals surface area contributed by atoms with Gasteiger partial charge >= 0.3 is 6.03 Å². The molecule has 0 saturated carbocycles. The summed E-state index contributed by atoms with van der Waals surface area (Å²) >= 11 is 0. The molecule has 182 valence electrons. The van der Waals surface area contributed by atoms with Crippen molar-refractivity contribution in [2.45, 2.75) is 45.6 Å². The van der Waals surface area contributed by atoms with Gasteiger partial charge in [-0.15, -0.1) is 0 Å². The summed E-state index contributed by atoms with van der Waals surface area (Å²) in [6, 6.07) is 15.7. The molecule has 2 aliphatic heterocycles. The number of amides is 3. The minimum absolute atomic E-state index is 0.00228. The van der Waals surface area contributed by atoms with Crippen LogP contribution in [0.5, 0.6) is 11.5 Å². The zero-order valence-electron chi connectivity index (χ0n) is 20.2. The minimum Gasteiger partial charge on any atom is -0.494 e. The quantitative estimate of drug-likeness (QED) is 0.664. The largest absolute Gasteiger partial charge is 0.494 e. The van der Waals surface area contributed by atoms with E-state index in [2.05, 4.69) is 12.2 Å². The highest BCUT2D eigenvalue weighted by Gasteiger charge is 2.34. The molecule has 2 aromatic carbocycles. The van der Waals surface area contributed by atoms with Gasteiger partial charge in [0, 0.05) is 25.6 Å². The number of urea groups is 1. The molecule has 0 aromatic heterocycles. The fourth-order valence-electron chi connectivity index (χ4n) is 4.59. The number of hydrogen-bond donors (Lipinski definition) is 1. The molecular weight excluding hydrogens is 430 g/mol. The van der Waals surface area contributed by atoms with E-state index < -0.39 is 0 Å². The van der Waals surface area contributed by atoms with Crippen molar-refractivity contribution < 1.29 is 19.1 Å². The van der Waals surface area contributed by atoms with Crippen LogP contribution >= 0.6 is 0 Å².